The van der Waals surface area contributed by atoms with Crippen molar-refractivity contribution in [3.05, 3.63) is 29.8 Å². The van der Waals surface area contributed by atoms with Gasteiger partial charge in [0.2, 0.25) is 0 Å². The number of halogens is 1. The Bertz CT molecular complexity index is 607. The molecule has 1 aromatic rings. The van der Waals surface area contributed by atoms with E-state index in [4.69, 9.17) is 25.8 Å². The molecule has 2 saturated heterocycles. The predicted molar refractivity (Wildman–Crippen MR) is 84.4 cm³/mol. The summed E-state index contributed by atoms with van der Waals surface area (Å²) in [6, 6.07) is 7.64. The number of carbonyl (C=O) groups is 1. The minimum absolute atomic E-state index is 0.169. The molecule has 0 unspecified atom stereocenters. The molecule has 1 spiro atoms. The summed E-state index contributed by atoms with van der Waals surface area (Å²) >= 11 is 5.88. The number of rotatable bonds is 3. The van der Waals surface area contributed by atoms with Gasteiger partial charge in [-0.25, -0.2) is 0 Å². The summed E-state index contributed by atoms with van der Waals surface area (Å²) in [6.07, 6.45) is -0.267. The van der Waals surface area contributed by atoms with Crippen LogP contribution < -0.4 is 4.90 Å². The molecule has 3 aliphatic rings. The van der Waals surface area contributed by atoms with Crippen molar-refractivity contribution in [2.45, 2.75) is 11.9 Å². The van der Waals surface area contributed by atoms with E-state index < -0.39 is 5.79 Å². The summed E-state index contributed by atoms with van der Waals surface area (Å²) in [6.45, 7) is 3.84. The van der Waals surface area contributed by atoms with Crippen LogP contribution in [0.5, 0.6) is 0 Å². The van der Waals surface area contributed by atoms with Crippen molar-refractivity contribution < 1.29 is 19.0 Å². The Labute approximate surface area is 139 Å². The quantitative estimate of drug-likeness (QED) is 0.773. The van der Waals surface area contributed by atoms with E-state index in [1.807, 2.05) is 24.3 Å². The standard InChI is InChI=1S/C16H19ClN2O4/c17-9-12-10-22-16(23-12)13-3-1-2-4-14(13)19(15(16)20)11-18-5-7-21-8-6-18/h1-4,12H,5-11H2/t12-,16+/m0/s1. The number of benzene rings is 1. The molecule has 0 saturated carbocycles. The molecule has 0 bridgehead atoms. The van der Waals surface area contributed by atoms with Gasteiger partial charge in [-0.3, -0.25) is 14.6 Å². The van der Waals surface area contributed by atoms with Gasteiger partial charge in [-0.15, -0.1) is 11.6 Å². The van der Waals surface area contributed by atoms with E-state index in [0.717, 1.165) is 24.3 Å². The number of para-hydroxylation sites is 1. The number of fused-ring (bicyclic) bond motifs is 2. The third-order valence-corrected chi connectivity index (χ3v) is 4.84. The zero-order valence-corrected chi connectivity index (χ0v) is 13.5. The highest BCUT2D eigenvalue weighted by Gasteiger charge is 2.58. The fourth-order valence-electron chi connectivity index (χ4n) is 3.32. The van der Waals surface area contributed by atoms with Crippen LogP contribution in [0.1, 0.15) is 5.56 Å². The monoisotopic (exact) mass is 338 g/mol. The molecule has 3 heterocycles. The van der Waals surface area contributed by atoms with Crippen LogP contribution in [-0.4, -0.2) is 62.4 Å². The average molecular weight is 339 g/mol. The molecule has 7 heteroatoms. The Morgan fingerprint density at radius 1 is 1.26 bits per heavy atom. The van der Waals surface area contributed by atoms with E-state index in [9.17, 15) is 4.79 Å². The number of hydrogen-bond acceptors (Lipinski definition) is 5. The molecule has 1 amide bonds. The molecule has 6 nitrogen and oxygen atoms in total. The van der Waals surface area contributed by atoms with Crippen molar-refractivity contribution in [3.8, 4) is 0 Å². The molecule has 2 atom stereocenters. The number of alkyl halides is 1. The van der Waals surface area contributed by atoms with Gasteiger partial charge in [-0.2, -0.15) is 0 Å². The summed E-state index contributed by atoms with van der Waals surface area (Å²) in [5.41, 5.74) is 1.62. The highest BCUT2D eigenvalue weighted by Crippen LogP contribution is 2.47. The van der Waals surface area contributed by atoms with Crippen molar-refractivity contribution in [2.75, 3.05) is 50.4 Å². The van der Waals surface area contributed by atoms with Gasteiger partial charge in [0.15, 0.2) is 0 Å². The van der Waals surface area contributed by atoms with Gasteiger partial charge in [0.05, 0.1) is 44.2 Å². The number of morpholine rings is 1. The van der Waals surface area contributed by atoms with E-state index in [1.165, 1.54) is 0 Å². The topological polar surface area (TPSA) is 51.2 Å². The first-order valence-electron chi connectivity index (χ1n) is 7.84. The number of amides is 1. The molecule has 3 aliphatic heterocycles. The van der Waals surface area contributed by atoms with Gasteiger partial charge < -0.3 is 14.2 Å². The Kier molecular flexibility index (Phi) is 4.03. The maximum absolute atomic E-state index is 13.1. The second-order valence-electron chi connectivity index (χ2n) is 5.94. The lowest BCUT2D eigenvalue weighted by atomic mass is 10.1. The Balaban J connectivity index is 1.65. The summed E-state index contributed by atoms with van der Waals surface area (Å²) in [7, 11) is 0. The van der Waals surface area contributed by atoms with Gasteiger partial charge in [-0.05, 0) is 6.07 Å². The van der Waals surface area contributed by atoms with Crippen LogP contribution in [0.15, 0.2) is 24.3 Å². The van der Waals surface area contributed by atoms with Gasteiger partial charge in [0.25, 0.3) is 11.7 Å². The highest BCUT2D eigenvalue weighted by atomic mass is 35.5. The second-order valence-corrected chi connectivity index (χ2v) is 6.25. The summed E-state index contributed by atoms with van der Waals surface area (Å²) in [5.74, 6) is -1.19. The number of nitrogens with zero attached hydrogens (tertiary/aromatic N) is 2. The third-order valence-electron chi connectivity index (χ3n) is 4.50. The first-order chi connectivity index (χ1) is 11.2. The first kappa shape index (κ1) is 15.4. The SMILES string of the molecule is O=C1N(CN2CCOCC2)c2ccccc2[C@]12OC[C@H](CCl)O2. The van der Waals surface area contributed by atoms with Crippen LogP contribution in [0.4, 0.5) is 5.69 Å². The van der Waals surface area contributed by atoms with E-state index in [0.29, 0.717) is 32.4 Å². The minimum atomic E-state index is -1.33. The molecule has 2 fully saturated rings. The van der Waals surface area contributed by atoms with Gasteiger partial charge in [0.1, 0.15) is 0 Å². The summed E-state index contributed by atoms with van der Waals surface area (Å²) < 4.78 is 17.1. The molecule has 1 aromatic carbocycles. The molecule has 0 radical (unpaired) electrons. The first-order valence-corrected chi connectivity index (χ1v) is 8.37. The van der Waals surface area contributed by atoms with Gasteiger partial charge in [0, 0.05) is 18.7 Å². The van der Waals surface area contributed by atoms with E-state index in [2.05, 4.69) is 4.90 Å². The van der Waals surface area contributed by atoms with Crippen molar-refractivity contribution in [1.82, 2.24) is 4.90 Å². The van der Waals surface area contributed by atoms with Crippen molar-refractivity contribution >= 4 is 23.2 Å². The fraction of sp³-hybridized carbons (Fsp3) is 0.562. The van der Waals surface area contributed by atoms with E-state index in [-0.39, 0.29) is 12.0 Å². The largest absolute Gasteiger partial charge is 0.379 e. The highest BCUT2D eigenvalue weighted by molar-refractivity contribution is 6.18. The van der Waals surface area contributed by atoms with Gasteiger partial charge in [-0.1, -0.05) is 18.2 Å². The maximum Gasteiger partial charge on any atom is 0.293 e. The van der Waals surface area contributed by atoms with E-state index >= 15 is 0 Å². The van der Waals surface area contributed by atoms with Crippen LogP contribution in [0.25, 0.3) is 0 Å². The Morgan fingerprint density at radius 3 is 2.78 bits per heavy atom. The van der Waals surface area contributed by atoms with Crippen molar-refractivity contribution in [3.63, 3.8) is 0 Å². The van der Waals surface area contributed by atoms with Crippen LogP contribution >= 0.6 is 11.6 Å². The molecule has 23 heavy (non-hydrogen) atoms. The Hall–Kier alpha value is -1.18. The van der Waals surface area contributed by atoms with Crippen LogP contribution in [0.3, 0.4) is 0 Å². The lowest BCUT2D eigenvalue weighted by Gasteiger charge is -2.31. The zero-order chi connectivity index (χ0) is 15.9. The molecule has 0 aliphatic carbocycles. The average Bonchev–Trinajstić information content (AvgIpc) is 3.13. The van der Waals surface area contributed by atoms with Gasteiger partial charge >= 0.3 is 0 Å². The van der Waals surface area contributed by atoms with E-state index in [1.54, 1.807) is 4.90 Å². The number of carbonyl (C=O) groups excluding carboxylic acids is 1. The lowest BCUT2D eigenvalue weighted by molar-refractivity contribution is -0.185. The number of hydrogen-bond donors (Lipinski definition) is 0. The maximum atomic E-state index is 13.1. The molecule has 0 N–H and O–H groups in total. The number of ether oxygens (including phenoxy) is 3. The molecule has 124 valence electrons. The van der Waals surface area contributed by atoms with Crippen molar-refractivity contribution in [1.29, 1.82) is 0 Å². The molecular weight excluding hydrogens is 320 g/mol. The summed E-state index contributed by atoms with van der Waals surface area (Å²) in [5, 5.41) is 0. The second kappa shape index (κ2) is 6.03. The van der Waals surface area contributed by atoms with Crippen molar-refractivity contribution in [2.24, 2.45) is 0 Å². The third kappa shape index (κ3) is 2.45. The molecule has 4 rings (SSSR count). The van der Waals surface area contributed by atoms with Crippen LogP contribution in [-0.2, 0) is 24.8 Å². The molecular formula is C16H19ClN2O4. The zero-order valence-electron chi connectivity index (χ0n) is 12.7. The lowest BCUT2D eigenvalue weighted by Crippen LogP contribution is -2.49. The normalized spacial score (nSPS) is 31.1. The minimum Gasteiger partial charge on any atom is -0.379 e. The van der Waals surface area contributed by atoms with Crippen LogP contribution in [0, 0.1) is 0 Å². The predicted octanol–water partition coefficient (Wildman–Crippen LogP) is 1.13. The summed E-state index contributed by atoms with van der Waals surface area (Å²) in [4.78, 5) is 17.0. The fourth-order valence-corrected chi connectivity index (χ4v) is 3.47. The smallest absolute Gasteiger partial charge is 0.293 e. The Morgan fingerprint density at radius 2 is 2.04 bits per heavy atom. The number of anilines is 1. The molecule has 0 aromatic heterocycles. The van der Waals surface area contributed by atoms with Crippen LogP contribution in [0.2, 0.25) is 0 Å².